The van der Waals surface area contributed by atoms with E-state index in [1.807, 2.05) is 0 Å². The average molecular weight is 507 g/mol. The lowest BCUT2D eigenvalue weighted by Gasteiger charge is -2.23. The van der Waals surface area contributed by atoms with Gasteiger partial charge in [-0.25, -0.2) is 8.78 Å². The van der Waals surface area contributed by atoms with Gasteiger partial charge in [-0.2, -0.15) is 0 Å². The van der Waals surface area contributed by atoms with Crippen molar-refractivity contribution in [3.8, 4) is 0 Å². The highest BCUT2D eigenvalue weighted by Gasteiger charge is 2.27. The van der Waals surface area contributed by atoms with Crippen molar-refractivity contribution in [2.75, 3.05) is 0 Å². The first-order valence-electron chi connectivity index (χ1n) is 10.7. The quantitative estimate of drug-likeness (QED) is 0.330. The first-order chi connectivity index (χ1) is 16.6. The molecule has 11 heteroatoms. The van der Waals surface area contributed by atoms with E-state index in [9.17, 15) is 28.0 Å². The smallest absolute Gasteiger partial charge is 0.243 e. The van der Waals surface area contributed by atoms with E-state index in [2.05, 4.69) is 16.0 Å². The van der Waals surface area contributed by atoms with Gasteiger partial charge in [0, 0.05) is 37.4 Å². The van der Waals surface area contributed by atoms with E-state index in [-0.39, 0.29) is 31.4 Å². The third kappa shape index (κ3) is 9.24. The summed E-state index contributed by atoms with van der Waals surface area (Å²) in [7, 11) is 0. The second-order valence-electron chi connectivity index (χ2n) is 7.75. The highest BCUT2D eigenvalue weighted by atomic mass is 35.5. The van der Waals surface area contributed by atoms with Crippen LogP contribution in [0.3, 0.4) is 0 Å². The predicted octanol–water partition coefficient (Wildman–Crippen LogP) is 2.47. The normalized spacial score (nSPS) is 12.2. The van der Waals surface area contributed by atoms with Gasteiger partial charge in [0.15, 0.2) is 5.78 Å². The van der Waals surface area contributed by atoms with Crippen LogP contribution in [-0.4, -0.2) is 41.8 Å². The van der Waals surface area contributed by atoms with E-state index in [0.717, 1.165) is 17.7 Å². The van der Waals surface area contributed by atoms with E-state index in [4.69, 9.17) is 17.0 Å². The topological polar surface area (TPSA) is 128 Å². The summed E-state index contributed by atoms with van der Waals surface area (Å²) in [4.78, 5) is 49.0. The maximum Gasteiger partial charge on any atom is 0.243 e. The summed E-state index contributed by atoms with van der Waals surface area (Å²) in [5.74, 6) is -4.18. The Morgan fingerprint density at radius 1 is 1.00 bits per heavy atom. The summed E-state index contributed by atoms with van der Waals surface area (Å²) in [6.45, 7) is 1.29. The van der Waals surface area contributed by atoms with Crippen LogP contribution in [0.2, 0.25) is 5.02 Å². The van der Waals surface area contributed by atoms with E-state index in [1.165, 1.54) is 6.92 Å². The van der Waals surface area contributed by atoms with Crippen molar-refractivity contribution in [3.63, 3.8) is 0 Å². The second kappa shape index (κ2) is 13.3. The van der Waals surface area contributed by atoms with Crippen molar-refractivity contribution in [1.29, 1.82) is 5.41 Å². The Hall–Kier alpha value is -3.66. The SMILES string of the molecule is CC(=O)N[C@@H](Cc1ccc(F)cc1F)C(=O)N[C@@H](CCC(=O)C=N)C(=O)NCc1ccc(Cl)cc1. The molecular formula is C24H25ClF2N4O4. The van der Waals surface area contributed by atoms with Crippen molar-refractivity contribution in [1.82, 2.24) is 16.0 Å². The van der Waals surface area contributed by atoms with Gasteiger partial charge in [-0.05, 0) is 35.7 Å². The van der Waals surface area contributed by atoms with Crippen molar-refractivity contribution in [2.45, 2.75) is 44.8 Å². The van der Waals surface area contributed by atoms with Gasteiger partial charge in [-0.3, -0.25) is 19.2 Å². The molecule has 2 aromatic rings. The zero-order valence-electron chi connectivity index (χ0n) is 18.9. The Kier molecular flexibility index (Phi) is 10.5. The third-order valence-corrected chi connectivity index (χ3v) is 5.24. The third-order valence-electron chi connectivity index (χ3n) is 4.99. The van der Waals surface area contributed by atoms with Crippen molar-refractivity contribution < 1.29 is 28.0 Å². The molecule has 3 amide bonds. The van der Waals surface area contributed by atoms with Gasteiger partial charge in [-0.1, -0.05) is 29.8 Å². The van der Waals surface area contributed by atoms with E-state index < -0.39 is 47.2 Å². The van der Waals surface area contributed by atoms with Gasteiger partial charge >= 0.3 is 0 Å². The summed E-state index contributed by atoms with van der Waals surface area (Å²) in [6.07, 6.45) is 0.0301. The molecule has 0 bridgehead atoms. The summed E-state index contributed by atoms with van der Waals surface area (Å²) >= 11 is 5.85. The van der Waals surface area contributed by atoms with Crippen molar-refractivity contribution in [3.05, 3.63) is 70.2 Å². The van der Waals surface area contributed by atoms with E-state index in [0.29, 0.717) is 17.3 Å². The molecule has 2 atom stereocenters. The Labute approximate surface area is 205 Å². The van der Waals surface area contributed by atoms with Crippen LogP contribution in [0.5, 0.6) is 0 Å². The standard InChI is InChI=1S/C24H25ClF2N4O4/c1-14(32)30-22(10-16-4-7-18(26)11-20(16)27)24(35)31-21(9-8-19(33)12-28)23(34)29-13-15-2-5-17(25)6-3-15/h2-7,11-12,21-22,28H,8-10,13H2,1H3,(H,29,34)(H,30,32)(H,31,35)/t21-,22-/m0/s1. The van der Waals surface area contributed by atoms with Crippen molar-refractivity contribution >= 4 is 41.3 Å². The number of hydrogen-bond donors (Lipinski definition) is 4. The highest BCUT2D eigenvalue weighted by molar-refractivity contribution is 6.30. The Balaban J connectivity index is 2.16. The summed E-state index contributed by atoms with van der Waals surface area (Å²) in [5, 5.41) is 15.1. The maximum atomic E-state index is 14.1. The zero-order chi connectivity index (χ0) is 26.0. The molecular weight excluding hydrogens is 482 g/mol. The number of ketones is 1. The van der Waals surface area contributed by atoms with Gasteiger partial charge < -0.3 is 21.4 Å². The van der Waals surface area contributed by atoms with Crippen LogP contribution in [0.4, 0.5) is 8.78 Å². The summed E-state index contributed by atoms with van der Waals surface area (Å²) < 4.78 is 27.3. The summed E-state index contributed by atoms with van der Waals surface area (Å²) in [6, 6.07) is 7.12. The number of Topliss-reactive ketones (excluding diaryl/α,β-unsaturated/α-hetero) is 1. The van der Waals surface area contributed by atoms with Crippen LogP contribution >= 0.6 is 11.6 Å². The molecule has 4 N–H and O–H groups in total. The molecule has 186 valence electrons. The number of halogens is 3. The lowest BCUT2D eigenvalue weighted by Crippen LogP contribution is -2.54. The number of amides is 3. The minimum atomic E-state index is -1.27. The largest absolute Gasteiger partial charge is 0.350 e. The average Bonchev–Trinajstić information content (AvgIpc) is 2.81. The molecule has 8 nitrogen and oxygen atoms in total. The summed E-state index contributed by atoms with van der Waals surface area (Å²) in [5.41, 5.74) is 0.731. The molecule has 0 radical (unpaired) electrons. The molecule has 0 spiro atoms. The van der Waals surface area contributed by atoms with Crippen LogP contribution in [0, 0.1) is 17.0 Å². The van der Waals surface area contributed by atoms with Gasteiger partial charge in [0.05, 0.1) is 6.21 Å². The first kappa shape index (κ1) is 27.6. The van der Waals surface area contributed by atoms with Gasteiger partial charge in [-0.15, -0.1) is 0 Å². The van der Waals surface area contributed by atoms with E-state index >= 15 is 0 Å². The molecule has 0 aromatic heterocycles. The van der Waals surface area contributed by atoms with Crippen LogP contribution in [0.25, 0.3) is 0 Å². The second-order valence-corrected chi connectivity index (χ2v) is 8.18. The molecule has 35 heavy (non-hydrogen) atoms. The zero-order valence-corrected chi connectivity index (χ0v) is 19.6. The predicted molar refractivity (Wildman–Crippen MR) is 126 cm³/mol. The number of carbonyl (C=O) groups excluding carboxylic acids is 4. The minimum absolute atomic E-state index is 0.0111. The molecule has 0 saturated heterocycles. The molecule has 2 rings (SSSR count). The number of hydrogen-bond acceptors (Lipinski definition) is 5. The molecule has 0 heterocycles. The minimum Gasteiger partial charge on any atom is -0.350 e. The fraction of sp³-hybridized carbons (Fsp3) is 0.292. The maximum absolute atomic E-state index is 14.1. The monoisotopic (exact) mass is 506 g/mol. The fourth-order valence-electron chi connectivity index (χ4n) is 3.18. The molecule has 0 aliphatic heterocycles. The van der Waals surface area contributed by atoms with Gasteiger partial charge in [0.1, 0.15) is 23.7 Å². The molecule has 0 unspecified atom stereocenters. The van der Waals surface area contributed by atoms with E-state index in [1.54, 1.807) is 24.3 Å². The van der Waals surface area contributed by atoms with Gasteiger partial charge in [0.2, 0.25) is 17.7 Å². The molecule has 2 aromatic carbocycles. The number of nitrogens with one attached hydrogen (secondary N) is 4. The highest BCUT2D eigenvalue weighted by Crippen LogP contribution is 2.13. The van der Waals surface area contributed by atoms with Crippen LogP contribution < -0.4 is 16.0 Å². The molecule has 0 aliphatic rings. The lowest BCUT2D eigenvalue weighted by molar-refractivity contribution is -0.132. The lowest BCUT2D eigenvalue weighted by atomic mass is 10.0. The van der Waals surface area contributed by atoms with Crippen LogP contribution in [0.1, 0.15) is 30.9 Å². The van der Waals surface area contributed by atoms with Crippen LogP contribution in [-0.2, 0) is 32.1 Å². The molecule has 0 saturated carbocycles. The number of benzene rings is 2. The Bertz CT molecular complexity index is 1100. The number of rotatable bonds is 12. The first-order valence-corrected chi connectivity index (χ1v) is 11.0. The van der Waals surface area contributed by atoms with Gasteiger partial charge in [0.25, 0.3) is 0 Å². The number of carbonyl (C=O) groups is 4. The molecule has 0 fully saturated rings. The van der Waals surface area contributed by atoms with Crippen molar-refractivity contribution in [2.24, 2.45) is 0 Å². The Morgan fingerprint density at radius 2 is 1.69 bits per heavy atom. The fourth-order valence-corrected chi connectivity index (χ4v) is 3.30. The Morgan fingerprint density at radius 3 is 2.29 bits per heavy atom. The molecule has 0 aliphatic carbocycles. The van der Waals surface area contributed by atoms with Crippen LogP contribution in [0.15, 0.2) is 42.5 Å².